The summed E-state index contributed by atoms with van der Waals surface area (Å²) in [4.78, 5) is 22.9. The molecule has 1 saturated heterocycles. The number of pyridine rings is 1. The Labute approximate surface area is 194 Å². The molecule has 0 radical (unpaired) electrons. The van der Waals surface area contributed by atoms with Gasteiger partial charge in [0.05, 0.1) is 18.0 Å². The van der Waals surface area contributed by atoms with Crippen LogP contribution in [0.25, 0.3) is 5.82 Å². The lowest BCUT2D eigenvalue weighted by Crippen LogP contribution is -2.53. The van der Waals surface area contributed by atoms with Gasteiger partial charge in [0.15, 0.2) is 5.82 Å². The Morgan fingerprint density at radius 3 is 3.00 bits per heavy atom. The zero-order valence-corrected chi connectivity index (χ0v) is 19.3. The van der Waals surface area contributed by atoms with Gasteiger partial charge in [-0.25, -0.2) is 4.98 Å². The second kappa shape index (κ2) is 7.65. The van der Waals surface area contributed by atoms with Crippen molar-refractivity contribution in [2.24, 2.45) is 5.92 Å². The molecule has 170 valence electrons. The normalized spacial score (nSPS) is 20.7. The lowest BCUT2D eigenvalue weighted by atomic mass is 9.88. The summed E-state index contributed by atoms with van der Waals surface area (Å²) >= 11 is 0. The van der Waals surface area contributed by atoms with Crippen molar-refractivity contribution in [1.82, 2.24) is 14.5 Å². The third-order valence-corrected chi connectivity index (χ3v) is 7.43. The Balaban J connectivity index is 1.37. The number of benzene rings is 1. The van der Waals surface area contributed by atoms with Gasteiger partial charge in [-0.05, 0) is 66.8 Å². The standard InChI is InChI=1S/C27H30N4O2/c1-19(2)9-14-31-22-5-3-12-28-25(22)30-13-4-6-24(30)27(31)11-15-29(18-27)26(32)21-7-8-23-20(17-21)10-16-33-23/h3-8,12-13,17,19H,9-11,14-16,18H2,1-2H3/t27-/m1/s1. The van der Waals surface area contributed by atoms with Crippen molar-refractivity contribution >= 4 is 11.6 Å². The lowest BCUT2D eigenvalue weighted by Gasteiger charge is -2.47. The van der Waals surface area contributed by atoms with E-state index >= 15 is 0 Å². The zero-order chi connectivity index (χ0) is 22.6. The van der Waals surface area contributed by atoms with Crippen LogP contribution in [0.15, 0.2) is 54.9 Å². The van der Waals surface area contributed by atoms with Gasteiger partial charge in [-0.15, -0.1) is 0 Å². The largest absolute Gasteiger partial charge is 0.493 e. The molecule has 0 aliphatic carbocycles. The molecule has 6 heteroatoms. The third-order valence-electron chi connectivity index (χ3n) is 7.43. The molecule has 0 bridgehead atoms. The van der Waals surface area contributed by atoms with E-state index in [1.807, 2.05) is 35.4 Å². The van der Waals surface area contributed by atoms with E-state index in [0.717, 1.165) is 60.7 Å². The van der Waals surface area contributed by atoms with Crippen LogP contribution in [0.1, 0.15) is 48.3 Å². The number of ether oxygens (including phenoxy) is 1. The van der Waals surface area contributed by atoms with Crippen molar-refractivity contribution in [2.75, 3.05) is 31.1 Å². The van der Waals surface area contributed by atoms with E-state index in [1.54, 1.807) is 0 Å². The van der Waals surface area contributed by atoms with Gasteiger partial charge >= 0.3 is 0 Å². The van der Waals surface area contributed by atoms with Crippen LogP contribution in [0.3, 0.4) is 0 Å². The first-order valence-electron chi connectivity index (χ1n) is 12.0. The van der Waals surface area contributed by atoms with Crippen molar-refractivity contribution in [2.45, 2.75) is 38.6 Å². The first-order chi connectivity index (χ1) is 16.1. The summed E-state index contributed by atoms with van der Waals surface area (Å²) in [6.45, 7) is 7.60. The highest BCUT2D eigenvalue weighted by atomic mass is 16.5. The molecule has 3 aliphatic rings. The Morgan fingerprint density at radius 1 is 1.21 bits per heavy atom. The first kappa shape index (κ1) is 20.3. The number of likely N-dealkylation sites (tertiary alicyclic amines) is 1. The maximum atomic E-state index is 13.6. The van der Waals surface area contributed by atoms with Crippen molar-refractivity contribution in [3.8, 4) is 11.6 Å². The fraction of sp³-hybridized carbons (Fsp3) is 0.407. The van der Waals surface area contributed by atoms with Gasteiger partial charge in [-0.1, -0.05) is 13.8 Å². The van der Waals surface area contributed by atoms with E-state index in [9.17, 15) is 4.79 Å². The van der Waals surface area contributed by atoms with Crippen LogP contribution in [0.4, 0.5) is 5.69 Å². The van der Waals surface area contributed by atoms with Gasteiger partial charge in [0.2, 0.25) is 0 Å². The SMILES string of the molecule is CC(C)CCN1c2cccnc2-n2cccc2[C@]12CCN(C(=O)c1ccc3c(c1)CCO3)C2. The summed E-state index contributed by atoms with van der Waals surface area (Å²) < 4.78 is 7.86. The Kier molecular flexibility index (Phi) is 4.71. The Hall–Kier alpha value is -3.28. The summed E-state index contributed by atoms with van der Waals surface area (Å²) in [5.74, 6) is 2.61. The molecule has 6 rings (SSSR count). The summed E-state index contributed by atoms with van der Waals surface area (Å²) in [7, 11) is 0. The molecular formula is C27H30N4O2. The van der Waals surface area contributed by atoms with Crippen molar-refractivity contribution < 1.29 is 9.53 Å². The van der Waals surface area contributed by atoms with Gasteiger partial charge in [0, 0.05) is 44.0 Å². The second-order valence-corrected chi connectivity index (χ2v) is 9.87. The van der Waals surface area contributed by atoms with Crippen LogP contribution in [-0.2, 0) is 12.0 Å². The fourth-order valence-corrected chi connectivity index (χ4v) is 5.72. The number of amides is 1. The predicted molar refractivity (Wildman–Crippen MR) is 128 cm³/mol. The molecule has 1 spiro atoms. The van der Waals surface area contributed by atoms with Gasteiger partial charge in [0.25, 0.3) is 5.91 Å². The lowest BCUT2D eigenvalue weighted by molar-refractivity contribution is 0.0781. The number of rotatable bonds is 4. The highest BCUT2D eigenvalue weighted by molar-refractivity contribution is 5.95. The average molecular weight is 443 g/mol. The topological polar surface area (TPSA) is 50.6 Å². The maximum Gasteiger partial charge on any atom is 0.253 e. The van der Waals surface area contributed by atoms with E-state index in [2.05, 4.69) is 47.7 Å². The first-order valence-corrected chi connectivity index (χ1v) is 12.0. The number of anilines is 1. The van der Waals surface area contributed by atoms with Gasteiger partial charge < -0.3 is 19.1 Å². The molecule has 6 nitrogen and oxygen atoms in total. The minimum atomic E-state index is -0.246. The number of nitrogens with zero attached hydrogens (tertiary/aromatic N) is 4. The molecule has 33 heavy (non-hydrogen) atoms. The van der Waals surface area contributed by atoms with Crippen LogP contribution >= 0.6 is 0 Å². The molecule has 0 unspecified atom stereocenters. The molecule has 3 aromatic rings. The summed E-state index contributed by atoms with van der Waals surface area (Å²) in [6, 6.07) is 14.4. The number of carbonyl (C=O) groups is 1. The van der Waals surface area contributed by atoms with Crippen molar-refractivity contribution in [3.05, 3.63) is 71.7 Å². The van der Waals surface area contributed by atoms with Gasteiger partial charge in [0.1, 0.15) is 11.3 Å². The summed E-state index contributed by atoms with van der Waals surface area (Å²) in [5, 5.41) is 0. The Bertz CT molecular complexity index is 1220. The monoisotopic (exact) mass is 442 g/mol. The number of fused-ring (bicyclic) bond motifs is 5. The van der Waals surface area contributed by atoms with Crippen LogP contribution in [0, 0.1) is 5.92 Å². The van der Waals surface area contributed by atoms with Crippen molar-refractivity contribution in [3.63, 3.8) is 0 Å². The summed E-state index contributed by atoms with van der Waals surface area (Å²) in [6.07, 6.45) is 6.84. The third kappa shape index (κ3) is 3.15. The Morgan fingerprint density at radius 2 is 2.12 bits per heavy atom. The van der Waals surface area contributed by atoms with E-state index in [4.69, 9.17) is 9.72 Å². The maximum absolute atomic E-state index is 13.6. The minimum Gasteiger partial charge on any atom is -0.493 e. The quantitative estimate of drug-likeness (QED) is 0.600. The van der Waals surface area contributed by atoms with Crippen LogP contribution in [-0.4, -0.2) is 46.6 Å². The zero-order valence-electron chi connectivity index (χ0n) is 19.3. The number of carbonyl (C=O) groups excluding carboxylic acids is 1. The molecule has 1 fully saturated rings. The molecule has 0 saturated carbocycles. The predicted octanol–water partition coefficient (Wildman–Crippen LogP) is 4.41. The number of hydrogen-bond donors (Lipinski definition) is 0. The number of hydrogen-bond acceptors (Lipinski definition) is 4. The molecule has 1 aromatic carbocycles. The van der Waals surface area contributed by atoms with E-state index in [1.165, 1.54) is 5.69 Å². The number of aromatic nitrogens is 2. The molecule has 1 amide bonds. The molecule has 1 atom stereocenters. The second-order valence-electron chi connectivity index (χ2n) is 9.87. The van der Waals surface area contributed by atoms with Gasteiger partial charge in [-0.2, -0.15) is 0 Å². The smallest absolute Gasteiger partial charge is 0.253 e. The van der Waals surface area contributed by atoms with Crippen molar-refractivity contribution in [1.29, 1.82) is 0 Å². The van der Waals surface area contributed by atoms with E-state index in [-0.39, 0.29) is 11.4 Å². The molecule has 3 aliphatic heterocycles. The molecule has 0 N–H and O–H groups in total. The average Bonchev–Trinajstić information content (AvgIpc) is 3.57. The molecule has 2 aromatic heterocycles. The van der Waals surface area contributed by atoms with E-state index in [0.29, 0.717) is 19.1 Å². The highest BCUT2D eigenvalue weighted by Gasteiger charge is 2.50. The van der Waals surface area contributed by atoms with Crippen LogP contribution in [0.2, 0.25) is 0 Å². The van der Waals surface area contributed by atoms with E-state index < -0.39 is 0 Å². The summed E-state index contributed by atoms with van der Waals surface area (Å²) in [5.41, 5.74) is 4.04. The van der Waals surface area contributed by atoms with Crippen LogP contribution in [0.5, 0.6) is 5.75 Å². The molecule has 5 heterocycles. The fourth-order valence-electron chi connectivity index (χ4n) is 5.72. The van der Waals surface area contributed by atoms with Crippen LogP contribution < -0.4 is 9.64 Å². The minimum absolute atomic E-state index is 0.112. The molecular weight excluding hydrogens is 412 g/mol. The highest BCUT2D eigenvalue weighted by Crippen LogP contribution is 2.47. The van der Waals surface area contributed by atoms with Gasteiger partial charge in [-0.3, -0.25) is 4.79 Å².